The number of hydrogen-bond donors (Lipinski definition) is 1. The number of rotatable bonds is 11. The van der Waals surface area contributed by atoms with Crippen LogP contribution < -0.4 is 16.1 Å². The Hall–Kier alpha value is -1.71. The lowest BCUT2D eigenvalue weighted by Gasteiger charge is -2.26. The highest BCUT2D eigenvalue weighted by molar-refractivity contribution is 7.57. The molecule has 2 atom stereocenters. The average molecular weight is 432 g/mol. The molecule has 0 amide bonds. The minimum atomic E-state index is -3.42. The molecule has 0 unspecified atom stereocenters. The third kappa shape index (κ3) is 7.56. The van der Waals surface area contributed by atoms with Crippen LogP contribution in [-0.4, -0.2) is 48.5 Å². The van der Waals surface area contributed by atoms with Crippen LogP contribution in [0.5, 0.6) is 0 Å². The van der Waals surface area contributed by atoms with Gasteiger partial charge in [-0.2, -0.15) is 0 Å². The van der Waals surface area contributed by atoms with Crippen LogP contribution in [0.25, 0.3) is 0 Å². The second-order valence-corrected chi connectivity index (χ2v) is 8.27. The fourth-order valence-corrected chi connectivity index (χ4v) is 4.00. The van der Waals surface area contributed by atoms with Gasteiger partial charge in [-0.05, 0) is 46.1 Å². The quantitative estimate of drug-likeness (QED) is 0.528. The fourth-order valence-electron chi connectivity index (χ4n) is 2.63. The van der Waals surface area contributed by atoms with Gasteiger partial charge in [-0.15, -0.1) is 4.73 Å². The molecule has 0 aliphatic carbocycles. The largest absolute Gasteiger partial charge is 0.406 e. The molecule has 1 aliphatic heterocycles. The zero-order valence-electron chi connectivity index (χ0n) is 17.0. The molecule has 164 valence electrons. The van der Waals surface area contributed by atoms with Crippen molar-refractivity contribution in [1.82, 2.24) is 9.71 Å². The molecule has 1 N–H and O–H groups in total. The van der Waals surface area contributed by atoms with Crippen LogP contribution in [0.3, 0.4) is 0 Å². The van der Waals surface area contributed by atoms with Gasteiger partial charge in [-0.3, -0.25) is 14.3 Å². The Labute approximate surface area is 169 Å². The van der Waals surface area contributed by atoms with Crippen molar-refractivity contribution in [2.75, 3.05) is 26.4 Å². The van der Waals surface area contributed by atoms with Gasteiger partial charge in [0, 0.05) is 18.0 Å². The van der Waals surface area contributed by atoms with E-state index in [-0.39, 0.29) is 19.8 Å². The minimum absolute atomic E-state index is 0.0833. The molecular weight excluding hydrogens is 403 g/mol. The first-order chi connectivity index (χ1) is 13.9. The minimum Gasteiger partial charge on any atom is -0.406 e. The Morgan fingerprint density at radius 3 is 2.66 bits per heavy atom. The number of nitrogens with one attached hydrogen (secondary N) is 1. The molecule has 1 fully saturated rings. The van der Waals surface area contributed by atoms with Crippen molar-refractivity contribution < 1.29 is 27.9 Å². The molecule has 2 heterocycles. The molecule has 0 spiro atoms. The summed E-state index contributed by atoms with van der Waals surface area (Å²) in [6, 6.07) is 0. The zero-order chi connectivity index (χ0) is 21.3. The summed E-state index contributed by atoms with van der Waals surface area (Å²) in [5, 5.41) is 0. The molecule has 1 aliphatic rings. The van der Waals surface area contributed by atoms with E-state index in [1.165, 1.54) is 18.1 Å². The van der Waals surface area contributed by atoms with Gasteiger partial charge in [-0.1, -0.05) is 0 Å². The Morgan fingerprint density at radius 2 is 2.03 bits per heavy atom. The van der Waals surface area contributed by atoms with Gasteiger partial charge in [0.2, 0.25) is 0 Å². The van der Waals surface area contributed by atoms with Gasteiger partial charge < -0.3 is 23.4 Å². The van der Waals surface area contributed by atoms with E-state index in [0.29, 0.717) is 12.2 Å². The molecule has 29 heavy (non-hydrogen) atoms. The average Bonchev–Trinajstić information content (AvgIpc) is 2.69. The first-order valence-corrected chi connectivity index (χ1v) is 11.3. The lowest BCUT2D eigenvalue weighted by atomic mass is 10.2. The fraction of sp³-hybridized carbons (Fsp3) is 0.667. The predicted molar refractivity (Wildman–Crippen MR) is 106 cm³/mol. The number of aromatic nitrogens is 2. The van der Waals surface area contributed by atoms with Gasteiger partial charge in [0.15, 0.2) is 6.29 Å². The summed E-state index contributed by atoms with van der Waals surface area (Å²) >= 11 is 0. The number of ether oxygens (including phenoxy) is 2. The van der Waals surface area contributed by atoms with Crippen LogP contribution in [0.2, 0.25) is 0 Å². The molecule has 1 aromatic heterocycles. The van der Waals surface area contributed by atoms with E-state index in [0.717, 1.165) is 24.0 Å². The van der Waals surface area contributed by atoms with Gasteiger partial charge in [-0.25, -0.2) is 4.79 Å². The Kier molecular flexibility index (Phi) is 9.32. The Balaban J connectivity index is 2.14. The molecule has 0 aromatic carbocycles. The first kappa shape index (κ1) is 23.6. The van der Waals surface area contributed by atoms with Crippen LogP contribution in [0.1, 0.15) is 38.7 Å². The lowest BCUT2D eigenvalue weighted by Crippen LogP contribution is -2.38. The molecular formula is C18H29N2O8P. The smallest absolute Gasteiger partial charge is 0.361 e. The van der Waals surface area contributed by atoms with Crippen LogP contribution in [0, 0.1) is 6.92 Å². The van der Waals surface area contributed by atoms with E-state index >= 15 is 0 Å². The highest BCUT2D eigenvalue weighted by Crippen LogP contribution is 2.49. The van der Waals surface area contributed by atoms with E-state index in [1.807, 2.05) is 0 Å². The topological polar surface area (TPSA) is 118 Å². The third-order valence-electron chi connectivity index (χ3n) is 4.03. The molecule has 0 bridgehead atoms. The first-order valence-electron chi connectivity index (χ1n) is 9.68. The van der Waals surface area contributed by atoms with Crippen molar-refractivity contribution in [2.24, 2.45) is 0 Å². The van der Waals surface area contributed by atoms with Crippen molar-refractivity contribution in [1.29, 1.82) is 0 Å². The number of H-pyrrole nitrogens is 1. The standard InChI is InChI=1S/C18H29N2O8P/c1-4-26-29(23,27-5-2)11-9-15(28-16-8-6-7-10-24-16)13-25-20-12-14(3)17(21)19-18(20)22/h9,11-12,15-16H,4-8,10,13H2,1-3H3,(H,19,21,22)/t15-,16+/m0/s1. The monoisotopic (exact) mass is 432 g/mol. The summed E-state index contributed by atoms with van der Waals surface area (Å²) in [6.45, 7) is 5.96. The molecule has 1 aromatic rings. The second kappa shape index (κ2) is 11.5. The summed E-state index contributed by atoms with van der Waals surface area (Å²) < 4.78 is 35.6. The Bertz CT molecular complexity index is 818. The molecule has 10 nitrogen and oxygen atoms in total. The highest BCUT2D eigenvalue weighted by atomic mass is 31.2. The molecule has 2 rings (SSSR count). The number of hydrogen-bond acceptors (Lipinski definition) is 8. The third-order valence-corrected chi connectivity index (χ3v) is 5.81. The van der Waals surface area contributed by atoms with Crippen molar-refractivity contribution in [2.45, 2.75) is 52.4 Å². The van der Waals surface area contributed by atoms with Crippen molar-refractivity contribution in [3.63, 3.8) is 0 Å². The lowest BCUT2D eigenvalue weighted by molar-refractivity contribution is -0.187. The van der Waals surface area contributed by atoms with E-state index in [2.05, 4.69) is 4.98 Å². The maximum absolute atomic E-state index is 12.7. The number of aromatic amines is 1. The number of aryl methyl sites for hydroxylation is 1. The summed E-state index contributed by atoms with van der Waals surface area (Å²) in [5.41, 5.74) is -0.857. The summed E-state index contributed by atoms with van der Waals surface area (Å²) in [5.74, 6) is 1.33. The number of nitrogens with zero attached hydrogens (tertiary/aromatic N) is 1. The molecule has 0 radical (unpaired) electrons. The van der Waals surface area contributed by atoms with Gasteiger partial charge in [0.25, 0.3) is 5.56 Å². The molecule has 11 heteroatoms. The maximum Gasteiger partial charge on any atom is 0.361 e. The van der Waals surface area contributed by atoms with Crippen molar-refractivity contribution >= 4 is 7.60 Å². The predicted octanol–water partition coefficient (Wildman–Crippen LogP) is 1.97. The zero-order valence-corrected chi connectivity index (χ0v) is 17.9. The van der Waals surface area contributed by atoms with E-state index in [4.69, 9.17) is 23.4 Å². The van der Waals surface area contributed by atoms with Gasteiger partial charge in [0.05, 0.1) is 19.4 Å². The van der Waals surface area contributed by atoms with E-state index in [9.17, 15) is 14.2 Å². The maximum atomic E-state index is 12.7. The second-order valence-electron chi connectivity index (χ2n) is 6.38. The molecule has 0 saturated carbocycles. The van der Waals surface area contributed by atoms with E-state index < -0.39 is 31.2 Å². The van der Waals surface area contributed by atoms with Crippen molar-refractivity contribution in [3.05, 3.63) is 44.5 Å². The SMILES string of the molecule is CCOP(=O)(C=C[C@@H](COn1cc(C)c(=O)[nH]c1=O)O[C@@H]1CCCCO1)OCC. The van der Waals surface area contributed by atoms with Gasteiger partial charge >= 0.3 is 13.3 Å². The van der Waals surface area contributed by atoms with E-state index in [1.54, 1.807) is 20.8 Å². The summed E-state index contributed by atoms with van der Waals surface area (Å²) in [6.07, 6.45) is 4.35. The normalized spacial score (nSPS) is 18.8. The summed E-state index contributed by atoms with van der Waals surface area (Å²) in [4.78, 5) is 31.0. The highest BCUT2D eigenvalue weighted by Gasteiger charge is 2.23. The van der Waals surface area contributed by atoms with Crippen LogP contribution in [-0.2, 0) is 23.1 Å². The van der Waals surface area contributed by atoms with Crippen LogP contribution in [0.15, 0.2) is 27.7 Å². The summed E-state index contributed by atoms with van der Waals surface area (Å²) in [7, 11) is -3.42. The molecule has 1 saturated heterocycles. The Morgan fingerprint density at radius 1 is 1.31 bits per heavy atom. The van der Waals surface area contributed by atoms with Crippen LogP contribution >= 0.6 is 7.60 Å². The van der Waals surface area contributed by atoms with Gasteiger partial charge in [0.1, 0.15) is 12.7 Å². The van der Waals surface area contributed by atoms with Crippen molar-refractivity contribution in [3.8, 4) is 0 Å². The van der Waals surface area contributed by atoms with Crippen LogP contribution in [0.4, 0.5) is 0 Å².